The minimum absolute atomic E-state index is 0.223. The molecule has 0 aliphatic heterocycles. The number of anilines is 1. The van der Waals surface area contributed by atoms with Crippen LogP contribution in [-0.2, 0) is 6.42 Å². The molecule has 0 radical (unpaired) electrons. The van der Waals surface area contributed by atoms with E-state index in [0.717, 1.165) is 17.5 Å². The van der Waals surface area contributed by atoms with Gasteiger partial charge in [-0.2, -0.15) is 5.10 Å². The van der Waals surface area contributed by atoms with Gasteiger partial charge in [0.25, 0.3) is 0 Å². The molecule has 0 spiro atoms. The number of amides is 2. The van der Waals surface area contributed by atoms with E-state index < -0.39 is 0 Å². The Bertz CT molecular complexity index is 794. The van der Waals surface area contributed by atoms with Crippen molar-refractivity contribution in [1.29, 1.82) is 0 Å². The molecule has 0 atom stereocenters. The summed E-state index contributed by atoms with van der Waals surface area (Å²) >= 11 is 1.69. The summed E-state index contributed by atoms with van der Waals surface area (Å²) in [6.45, 7) is 4.72. The summed E-state index contributed by atoms with van der Waals surface area (Å²) in [5.74, 6) is 0. The van der Waals surface area contributed by atoms with Gasteiger partial charge in [0.2, 0.25) is 0 Å². The second-order valence-corrected chi connectivity index (χ2v) is 6.56. The normalized spacial score (nSPS) is 11.1. The summed E-state index contributed by atoms with van der Waals surface area (Å²) in [6.07, 6.45) is 4.26. The molecule has 0 unspecified atom stereocenters. The van der Waals surface area contributed by atoms with Crippen LogP contribution in [0, 0.1) is 0 Å². The van der Waals surface area contributed by atoms with Crippen molar-refractivity contribution in [3.8, 4) is 0 Å². The SMILES string of the molecule is CC(C)n1ncc2cc(NC(=O)NCCc3cccs3)cnc21. The first-order valence-electron chi connectivity index (χ1n) is 7.54. The van der Waals surface area contributed by atoms with E-state index in [-0.39, 0.29) is 12.1 Å². The van der Waals surface area contributed by atoms with Gasteiger partial charge in [0.15, 0.2) is 5.65 Å². The lowest BCUT2D eigenvalue weighted by Gasteiger charge is -2.08. The number of nitrogens with one attached hydrogen (secondary N) is 2. The summed E-state index contributed by atoms with van der Waals surface area (Å²) in [5, 5.41) is 12.9. The maximum atomic E-state index is 11.9. The van der Waals surface area contributed by atoms with Crippen LogP contribution in [0.5, 0.6) is 0 Å². The van der Waals surface area contributed by atoms with Crippen molar-refractivity contribution < 1.29 is 4.79 Å². The van der Waals surface area contributed by atoms with Gasteiger partial charge < -0.3 is 10.6 Å². The smallest absolute Gasteiger partial charge is 0.319 e. The molecule has 3 aromatic rings. The molecule has 3 aromatic heterocycles. The molecule has 0 saturated carbocycles. The Balaban J connectivity index is 1.59. The number of thiophene rings is 1. The zero-order chi connectivity index (χ0) is 16.2. The number of carbonyl (C=O) groups is 1. The lowest BCUT2D eigenvalue weighted by atomic mass is 10.3. The van der Waals surface area contributed by atoms with E-state index in [9.17, 15) is 4.79 Å². The van der Waals surface area contributed by atoms with Crippen molar-refractivity contribution in [3.05, 3.63) is 40.8 Å². The van der Waals surface area contributed by atoms with E-state index in [2.05, 4.69) is 40.6 Å². The van der Waals surface area contributed by atoms with Gasteiger partial charge in [-0.25, -0.2) is 14.5 Å². The number of urea groups is 1. The summed E-state index contributed by atoms with van der Waals surface area (Å²) in [5.41, 5.74) is 1.48. The van der Waals surface area contributed by atoms with Gasteiger partial charge >= 0.3 is 6.03 Å². The third-order valence-corrected chi connectivity index (χ3v) is 4.35. The van der Waals surface area contributed by atoms with Crippen LogP contribution in [0.4, 0.5) is 10.5 Å². The van der Waals surface area contributed by atoms with Gasteiger partial charge in [-0.1, -0.05) is 6.07 Å². The number of fused-ring (bicyclic) bond motifs is 1. The minimum atomic E-state index is -0.223. The molecule has 0 bridgehead atoms. The molecule has 2 amide bonds. The highest BCUT2D eigenvalue weighted by Crippen LogP contribution is 2.18. The maximum Gasteiger partial charge on any atom is 0.319 e. The van der Waals surface area contributed by atoms with E-state index in [1.807, 2.05) is 22.2 Å². The standard InChI is InChI=1S/C16H19N5OS/c1-11(2)21-15-12(9-19-21)8-13(10-18-15)20-16(22)17-6-5-14-4-3-7-23-14/h3-4,7-11H,5-6H2,1-2H3,(H2,17,20,22). The monoisotopic (exact) mass is 329 g/mol. The van der Waals surface area contributed by atoms with E-state index >= 15 is 0 Å². The Morgan fingerprint density at radius 2 is 2.26 bits per heavy atom. The van der Waals surface area contributed by atoms with Crippen LogP contribution >= 0.6 is 11.3 Å². The predicted octanol–water partition coefficient (Wildman–Crippen LogP) is 3.44. The quantitative estimate of drug-likeness (QED) is 0.753. The zero-order valence-electron chi connectivity index (χ0n) is 13.1. The zero-order valence-corrected chi connectivity index (χ0v) is 13.9. The molecule has 0 aliphatic rings. The Hall–Kier alpha value is -2.41. The fourth-order valence-electron chi connectivity index (χ4n) is 2.32. The van der Waals surface area contributed by atoms with Crippen molar-refractivity contribution in [2.24, 2.45) is 0 Å². The summed E-state index contributed by atoms with van der Waals surface area (Å²) in [6, 6.07) is 5.98. The molecule has 3 rings (SSSR count). The van der Waals surface area contributed by atoms with Crippen LogP contribution in [0.3, 0.4) is 0 Å². The number of nitrogens with zero attached hydrogens (tertiary/aromatic N) is 3. The first-order chi connectivity index (χ1) is 11.1. The number of carbonyl (C=O) groups excluding carboxylic acids is 1. The van der Waals surface area contributed by atoms with Gasteiger partial charge in [-0.3, -0.25) is 0 Å². The lowest BCUT2D eigenvalue weighted by Crippen LogP contribution is -2.30. The second-order valence-electron chi connectivity index (χ2n) is 5.53. The van der Waals surface area contributed by atoms with Gasteiger partial charge in [-0.05, 0) is 37.8 Å². The molecule has 0 saturated heterocycles. The van der Waals surface area contributed by atoms with Crippen molar-refractivity contribution in [2.45, 2.75) is 26.3 Å². The molecule has 6 nitrogen and oxygen atoms in total. The van der Waals surface area contributed by atoms with Crippen LogP contribution in [0.2, 0.25) is 0 Å². The maximum absolute atomic E-state index is 11.9. The molecule has 0 aliphatic carbocycles. The van der Waals surface area contributed by atoms with Crippen molar-refractivity contribution in [1.82, 2.24) is 20.1 Å². The highest BCUT2D eigenvalue weighted by Gasteiger charge is 2.09. The Labute approximate surface area is 138 Å². The molecule has 3 heterocycles. The first kappa shape index (κ1) is 15.5. The number of pyridine rings is 1. The predicted molar refractivity (Wildman–Crippen MR) is 93.0 cm³/mol. The molecule has 0 fully saturated rings. The molecule has 120 valence electrons. The molecule has 7 heteroatoms. The van der Waals surface area contributed by atoms with Crippen LogP contribution in [0.15, 0.2) is 36.0 Å². The van der Waals surface area contributed by atoms with Gasteiger partial charge in [0.05, 0.1) is 18.1 Å². The highest BCUT2D eigenvalue weighted by molar-refractivity contribution is 7.09. The van der Waals surface area contributed by atoms with Crippen molar-refractivity contribution in [2.75, 3.05) is 11.9 Å². The van der Waals surface area contributed by atoms with E-state index in [1.165, 1.54) is 4.88 Å². The van der Waals surface area contributed by atoms with Crippen LogP contribution in [0.1, 0.15) is 24.8 Å². The fourth-order valence-corrected chi connectivity index (χ4v) is 3.02. The van der Waals surface area contributed by atoms with E-state index in [1.54, 1.807) is 23.7 Å². The van der Waals surface area contributed by atoms with E-state index in [4.69, 9.17) is 0 Å². The third kappa shape index (κ3) is 3.68. The minimum Gasteiger partial charge on any atom is -0.338 e. The third-order valence-electron chi connectivity index (χ3n) is 3.42. The Morgan fingerprint density at radius 3 is 3.00 bits per heavy atom. The average molecular weight is 329 g/mol. The van der Waals surface area contributed by atoms with Crippen LogP contribution in [-0.4, -0.2) is 27.3 Å². The van der Waals surface area contributed by atoms with Crippen molar-refractivity contribution >= 4 is 34.1 Å². The second kappa shape index (κ2) is 6.78. The largest absolute Gasteiger partial charge is 0.338 e. The van der Waals surface area contributed by atoms with Gasteiger partial charge in [0, 0.05) is 22.8 Å². The molecular formula is C16H19N5OS. The molecule has 2 N–H and O–H groups in total. The van der Waals surface area contributed by atoms with Crippen LogP contribution < -0.4 is 10.6 Å². The van der Waals surface area contributed by atoms with E-state index in [0.29, 0.717) is 12.2 Å². The number of hydrogen-bond acceptors (Lipinski definition) is 4. The van der Waals surface area contributed by atoms with Gasteiger partial charge in [0.1, 0.15) is 0 Å². The summed E-state index contributed by atoms with van der Waals surface area (Å²) in [7, 11) is 0. The number of aromatic nitrogens is 3. The first-order valence-corrected chi connectivity index (χ1v) is 8.42. The molecule has 23 heavy (non-hydrogen) atoms. The Kier molecular flexibility index (Phi) is 4.57. The van der Waals surface area contributed by atoms with Crippen LogP contribution in [0.25, 0.3) is 11.0 Å². The fraction of sp³-hybridized carbons (Fsp3) is 0.312. The summed E-state index contributed by atoms with van der Waals surface area (Å²) in [4.78, 5) is 17.6. The average Bonchev–Trinajstić information content (AvgIpc) is 3.15. The van der Waals surface area contributed by atoms with Crippen molar-refractivity contribution in [3.63, 3.8) is 0 Å². The number of rotatable bonds is 5. The molecule has 0 aromatic carbocycles. The molecular weight excluding hydrogens is 310 g/mol. The topological polar surface area (TPSA) is 71.8 Å². The summed E-state index contributed by atoms with van der Waals surface area (Å²) < 4.78 is 1.86. The number of hydrogen-bond donors (Lipinski definition) is 2. The van der Waals surface area contributed by atoms with Gasteiger partial charge in [-0.15, -0.1) is 11.3 Å². The highest BCUT2D eigenvalue weighted by atomic mass is 32.1. The Morgan fingerprint density at radius 1 is 1.39 bits per heavy atom. The lowest BCUT2D eigenvalue weighted by molar-refractivity contribution is 0.252.